The maximum atomic E-state index is 5.66. The van der Waals surface area contributed by atoms with E-state index in [1.165, 1.54) is 25.7 Å². The van der Waals surface area contributed by atoms with Crippen LogP contribution in [0.1, 0.15) is 25.7 Å². The molecule has 76 valence electrons. The van der Waals surface area contributed by atoms with E-state index in [1.807, 2.05) is 6.07 Å². The molecular formula is C11H17N3. The average molecular weight is 191 g/mol. The van der Waals surface area contributed by atoms with E-state index in [2.05, 4.69) is 10.3 Å². The minimum absolute atomic E-state index is 0.772. The Balaban J connectivity index is 1.85. The van der Waals surface area contributed by atoms with Crippen LogP contribution in [0.4, 0.5) is 11.5 Å². The molecule has 3 N–H and O–H groups in total. The molecule has 1 saturated carbocycles. The zero-order chi connectivity index (χ0) is 9.80. The third-order valence-corrected chi connectivity index (χ3v) is 2.83. The van der Waals surface area contributed by atoms with Crippen molar-refractivity contribution in [3.05, 3.63) is 18.3 Å². The highest BCUT2D eigenvalue weighted by Crippen LogP contribution is 2.24. The second-order valence-corrected chi connectivity index (χ2v) is 4.01. The summed E-state index contributed by atoms with van der Waals surface area (Å²) in [6, 6.07) is 3.69. The van der Waals surface area contributed by atoms with Crippen LogP contribution in [0.3, 0.4) is 0 Å². The van der Waals surface area contributed by atoms with Gasteiger partial charge in [0, 0.05) is 24.5 Å². The summed E-state index contributed by atoms with van der Waals surface area (Å²) >= 11 is 0. The van der Waals surface area contributed by atoms with Crippen molar-refractivity contribution >= 4 is 11.5 Å². The number of pyridine rings is 1. The van der Waals surface area contributed by atoms with Gasteiger partial charge in [0.2, 0.25) is 0 Å². The molecule has 3 heteroatoms. The summed E-state index contributed by atoms with van der Waals surface area (Å²) in [6.07, 6.45) is 7.23. The summed E-state index contributed by atoms with van der Waals surface area (Å²) in [6.45, 7) is 1.04. The molecule has 0 spiro atoms. The van der Waals surface area contributed by atoms with Crippen molar-refractivity contribution in [2.24, 2.45) is 5.92 Å². The fourth-order valence-corrected chi connectivity index (χ4v) is 2.01. The van der Waals surface area contributed by atoms with Gasteiger partial charge in [-0.25, -0.2) is 4.98 Å². The Kier molecular flexibility index (Phi) is 2.87. The standard InChI is InChI=1S/C11H17N3/c12-10-5-6-13-11(7-10)14-8-9-3-1-2-4-9/h5-7,9H,1-4,8H2,(H3,12,13,14). The van der Waals surface area contributed by atoms with Crippen molar-refractivity contribution in [3.8, 4) is 0 Å². The molecule has 1 aromatic rings. The highest BCUT2D eigenvalue weighted by molar-refractivity contribution is 5.48. The van der Waals surface area contributed by atoms with Crippen molar-refractivity contribution in [2.75, 3.05) is 17.6 Å². The van der Waals surface area contributed by atoms with Crippen molar-refractivity contribution in [1.82, 2.24) is 4.98 Å². The molecule has 1 aliphatic rings. The smallest absolute Gasteiger partial charge is 0.127 e. The largest absolute Gasteiger partial charge is 0.399 e. The number of aromatic nitrogens is 1. The Morgan fingerprint density at radius 3 is 2.93 bits per heavy atom. The molecule has 0 unspecified atom stereocenters. The molecule has 0 radical (unpaired) electrons. The van der Waals surface area contributed by atoms with Gasteiger partial charge < -0.3 is 11.1 Å². The summed E-state index contributed by atoms with van der Waals surface area (Å²) in [4.78, 5) is 4.21. The predicted molar refractivity (Wildman–Crippen MR) is 59.1 cm³/mol. The Morgan fingerprint density at radius 2 is 2.21 bits per heavy atom. The van der Waals surface area contributed by atoms with Gasteiger partial charge in [-0.1, -0.05) is 12.8 Å². The first-order valence-corrected chi connectivity index (χ1v) is 5.30. The molecule has 0 atom stereocenters. The van der Waals surface area contributed by atoms with Crippen LogP contribution in [0.2, 0.25) is 0 Å². The van der Waals surface area contributed by atoms with Crippen LogP contribution in [0, 0.1) is 5.92 Å². The van der Waals surface area contributed by atoms with E-state index in [9.17, 15) is 0 Å². The number of nitrogens with one attached hydrogen (secondary N) is 1. The Bertz CT molecular complexity index is 292. The van der Waals surface area contributed by atoms with Gasteiger partial charge in [-0.3, -0.25) is 0 Å². The van der Waals surface area contributed by atoms with E-state index < -0.39 is 0 Å². The van der Waals surface area contributed by atoms with Crippen LogP contribution in [0.15, 0.2) is 18.3 Å². The Labute approximate surface area is 84.7 Å². The first-order valence-electron chi connectivity index (χ1n) is 5.30. The van der Waals surface area contributed by atoms with Crippen LogP contribution in [-0.4, -0.2) is 11.5 Å². The predicted octanol–water partition coefficient (Wildman–Crippen LogP) is 2.27. The van der Waals surface area contributed by atoms with Crippen molar-refractivity contribution < 1.29 is 0 Å². The van der Waals surface area contributed by atoms with Crippen LogP contribution in [-0.2, 0) is 0 Å². The summed E-state index contributed by atoms with van der Waals surface area (Å²) < 4.78 is 0. The van der Waals surface area contributed by atoms with Crippen molar-refractivity contribution in [3.63, 3.8) is 0 Å². The zero-order valence-corrected chi connectivity index (χ0v) is 8.37. The topological polar surface area (TPSA) is 50.9 Å². The van der Waals surface area contributed by atoms with Crippen LogP contribution < -0.4 is 11.1 Å². The molecule has 0 aliphatic heterocycles. The normalized spacial score (nSPS) is 17.1. The molecule has 3 nitrogen and oxygen atoms in total. The van der Waals surface area contributed by atoms with E-state index >= 15 is 0 Å². The number of hydrogen-bond acceptors (Lipinski definition) is 3. The van der Waals surface area contributed by atoms with Gasteiger partial charge in [0.25, 0.3) is 0 Å². The van der Waals surface area contributed by atoms with E-state index in [1.54, 1.807) is 12.3 Å². The number of hydrogen-bond donors (Lipinski definition) is 2. The van der Waals surface area contributed by atoms with Gasteiger partial charge in [-0.2, -0.15) is 0 Å². The molecule has 0 aromatic carbocycles. The minimum atomic E-state index is 0.772. The van der Waals surface area contributed by atoms with Gasteiger partial charge in [-0.15, -0.1) is 0 Å². The lowest BCUT2D eigenvalue weighted by Crippen LogP contribution is -2.11. The molecule has 1 heterocycles. The first-order chi connectivity index (χ1) is 6.84. The summed E-state index contributed by atoms with van der Waals surface area (Å²) in [7, 11) is 0. The van der Waals surface area contributed by atoms with Crippen LogP contribution >= 0.6 is 0 Å². The maximum Gasteiger partial charge on any atom is 0.127 e. The molecule has 1 aromatic heterocycles. The Morgan fingerprint density at radius 1 is 1.43 bits per heavy atom. The molecular weight excluding hydrogens is 174 g/mol. The second-order valence-electron chi connectivity index (χ2n) is 4.01. The number of nitrogens with zero attached hydrogens (tertiary/aromatic N) is 1. The van der Waals surface area contributed by atoms with E-state index in [-0.39, 0.29) is 0 Å². The molecule has 1 fully saturated rings. The SMILES string of the molecule is Nc1ccnc(NCC2CCCC2)c1. The van der Waals surface area contributed by atoms with Gasteiger partial charge in [0.15, 0.2) is 0 Å². The molecule has 0 saturated heterocycles. The zero-order valence-electron chi connectivity index (χ0n) is 8.37. The van der Waals surface area contributed by atoms with Crippen LogP contribution in [0.5, 0.6) is 0 Å². The number of rotatable bonds is 3. The average Bonchev–Trinajstić information content (AvgIpc) is 2.67. The lowest BCUT2D eigenvalue weighted by Gasteiger charge is -2.10. The summed E-state index contributed by atoms with van der Waals surface area (Å²) in [5.74, 6) is 1.73. The van der Waals surface area contributed by atoms with Crippen LogP contribution in [0.25, 0.3) is 0 Å². The first kappa shape index (κ1) is 9.31. The van der Waals surface area contributed by atoms with Gasteiger partial charge in [0.1, 0.15) is 5.82 Å². The summed E-state index contributed by atoms with van der Waals surface area (Å²) in [5, 5.41) is 3.34. The molecule has 1 aliphatic carbocycles. The quantitative estimate of drug-likeness (QED) is 0.770. The lowest BCUT2D eigenvalue weighted by atomic mass is 10.1. The van der Waals surface area contributed by atoms with Crippen molar-refractivity contribution in [1.29, 1.82) is 0 Å². The minimum Gasteiger partial charge on any atom is -0.399 e. The maximum absolute atomic E-state index is 5.66. The molecule has 0 amide bonds. The van der Waals surface area contributed by atoms with E-state index in [0.717, 1.165) is 24.0 Å². The highest BCUT2D eigenvalue weighted by Gasteiger charge is 2.14. The van der Waals surface area contributed by atoms with Gasteiger partial charge in [0.05, 0.1) is 0 Å². The van der Waals surface area contributed by atoms with E-state index in [4.69, 9.17) is 5.73 Å². The van der Waals surface area contributed by atoms with Gasteiger partial charge in [-0.05, 0) is 24.8 Å². The summed E-state index contributed by atoms with van der Waals surface area (Å²) in [5.41, 5.74) is 6.43. The lowest BCUT2D eigenvalue weighted by molar-refractivity contribution is 0.579. The highest BCUT2D eigenvalue weighted by atomic mass is 15.0. The Hall–Kier alpha value is -1.25. The fourth-order valence-electron chi connectivity index (χ4n) is 2.01. The number of anilines is 2. The molecule has 0 bridgehead atoms. The third kappa shape index (κ3) is 2.37. The number of nitrogens with two attached hydrogens (primary N) is 1. The molecule has 14 heavy (non-hydrogen) atoms. The van der Waals surface area contributed by atoms with Gasteiger partial charge >= 0.3 is 0 Å². The molecule has 2 rings (SSSR count). The third-order valence-electron chi connectivity index (χ3n) is 2.83. The number of nitrogen functional groups attached to an aromatic ring is 1. The van der Waals surface area contributed by atoms with E-state index in [0.29, 0.717) is 0 Å². The second kappa shape index (κ2) is 4.31. The monoisotopic (exact) mass is 191 g/mol. The fraction of sp³-hybridized carbons (Fsp3) is 0.545. The van der Waals surface area contributed by atoms with Crippen molar-refractivity contribution in [2.45, 2.75) is 25.7 Å².